The zero-order valence-electron chi connectivity index (χ0n) is 10.7. The molecule has 20 heavy (non-hydrogen) atoms. The summed E-state index contributed by atoms with van der Waals surface area (Å²) in [6, 6.07) is 13.6. The number of benzene rings is 2. The number of nitrogens with two attached hydrogens (primary N) is 1. The van der Waals surface area contributed by atoms with E-state index in [0.717, 1.165) is 5.69 Å². The van der Waals surface area contributed by atoms with Gasteiger partial charge in [0.15, 0.2) is 5.43 Å². The van der Waals surface area contributed by atoms with Crippen molar-refractivity contribution in [2.45, 2.75) is 6.54 Å². The molecule has 0 bridgehead atoms. The molecule has 3 rings (SSSR count). The van der Waals surface area contributed by atoms with Crippen molar-refractivity contribution in [3.63, 3.8) is 0 Å². The Morgan fingerprint density at radius 1 is 1.10 bits per heavy atom. The van der Waals surface area contributed by atoms with E-state index in [2.05, 4.69) is 0 Å². The van der Waals surface area contributed by atoms with E-state index in [1.807, 2.05) is 30.3 Å². The highest BCUT2D eigenvalue weighted by molar-refractivity contribution is 5.81. The molecule has 0 spiro atoms. The Labute approximate surface area is 115 Å². The summed E-state index contributed by atoms with van der Waals surface area (Å²) in [4.78, 5) is 12.2. The Balaban J connectivity index is 2.44. The maximum Gasteiger partial charge on any atom is 0.193 e. The van der Waals surface area contributed by atoms with Crippen LogP contribution in [0.1, 0.15) is 5.56 Å². The summed E-state index contributed by atoms with van der Waals surface area (Å²) < 4.78 is 15.3. The van der Waals surface area contributed by atoms with Crippen LogP contribution in [0.2, 0.25) is 0 Å². The van der Waals surface area contributed by atoms with Gasteiger partial charge in [0.25, 0.3) is 0 Å². The van der Waals surface area contributed by atoms with Crippen molar-refractivity contribution in [1.82, 2.24) is 4.57 Å². The van der Waals surface area contributed by atoms with Crippen LogP contribution in [0.4, 0.5) is 4.39 Å². The number of fused-ring (bicyclic) bond motifs is 1. The first-order chi connectivity index (χ1) is 9.70. The van der Waals surface area contributed by atoms with Gasteiger partial charge in [0.05, 0.1) is 5.52 Å². The lowest BCUT2D eigenvalue weighted by atomic mass is 10.1. The highest BCUT2D eigenvalue weighted by atomic mass is 19.1. The van der Waals surface area contributed by atoms with Crippen LogP contribution in [-0.4, -0.2) is 4.57 Å². The van der Waals surface area contributed by atoms with Gasteiger partial charge in [0, 0.05) is 29.4 Å². The lowest BCUT2D eigenvalue weighted by Gasteiger charge is -2.13. The molecule has 0 amide bonds. The SMILES string of the molecule is NCc1cn(-c2ccccc2)c2cc(F)ccc2c1=O. The van der Waals surface area contributed by atoms with Crippen LogP contribution in [0.3, 0.4) is 0 Å². The fourth-order valence-electron chi connectivity index (χ4n) is 2.30. The first kappa shape index (κ1) is 12.6. The van der Waals surface area contributed by atoms with Gasteiger partial charge in [-0.1, -0.05) is 18.2 Å². The van der Waals surface area contributed by atoms with Crippen molar-refractivity contribution in [3.8, 4) is 5.69 Å². The third kappa shape index (κ3) is 2.00. The number of halogens is 1. The first-order valence-electron chi connectivity index (χ1n) is 6.30. The van der Waals surface area contributed by atoms with Crippen LogP contribution in [0.5, 0.6) is 0 Å². The van der Waals surface area contributed by atoms with Crippen molar-refractivity contribution < 1.29 is 4.39 Å². The van der Waals surface area contributed by atoms with Crippen molar-refractivity contribution in [2.24, 2.45) is 5.73 Å². The molecule has 0 fully saturated rings. The summed E-state index contributed by atoms with van der Waals surface area (Å²) in [6.45, 7) is 0.152. The van der Waals surface area contributed by atoms with Crippen molar-refractivity contribution in [1.29, 1.82) is 0 Å². The fraction of sp³-hybridized carbons (Fsp3) is 0.0625. The number of nitrogens with zero attached hydrogens (tertiary/aromatic N) is 1. The molecule has 0 unspecified atom stereocenters. The average Bonchev–Trinajstić information content (AvgIpc) is 2.48. The maximum absolute atomic E-state index is 13.5. The largest absolute Gasteiger partial charge is 0.326 e. The number of para-hydroxylation sites is 1. The molecule has 0 radical (unpaired) electrons. The van der Waals surface area contributed by atoms with E-state index in [9.17, 15) is 9.18 Å². The Kier molecular flexibility index (Phi) is 3.08. The van der Waals surface area contributed by atoms with Crippen molar-refractivity contribution in [3.05, 3.63) is 76.3 Å². The van der Waals surface area contributed by atoms with Gasteiger partial charge < -0.3 is 10.3 Å². The number of hydrogen-bond acceptors (Lipinski definition) is 2. The summed E-state index contributed by atoms with van der Waals surface area (Å²) >= 11 is 0. The minimum atomic E-state index is -0.373. The lowest BCUT2D eigenvalue weighted by molar-refractivity contribution is 0.629. The highest BCUT2D eigenvalue weighted by Crippen LogP contribution is 2.18. The Bertz CT molecular complexity index is 825. The van der Waals surface area contributed by atoms with E-state index in [0.29, 0.717) is 16.5 Å². The molecule has 0 saturated heterocycles. The molecule has 2 N–H and O–H groups in total. The highest BCUT2D eigenvalue weighted by Gasteiger charge is 2.10. The number of pyridine rings is 1. The first-order valence-corrected chi connectivity index (χ1v) is 6.30. The van der Waals surface area contributed by atoms with E-state index >= 15 is 0 Å². The van der Waals surface area contributed by atoms with E-state index in [4.69, 9.17) is 5.73 Å². The smallest absolute Gasteiger partial charge is 0.193 e. The van der Waals surface area contributed by atoms with Gasteiger partial charge in [-0.15, -0.1) is 0 Å². The van der Waals surface area contributed by atoms with E-state index < -0.39 is 0 Å². The maximum atomic E-state index is 13.5. The van der Waals surface area contributed by atoms with E-state index in [-0.39, 0.29) is 17.8 Å². The van der Waals surface area contributed by atoms with Gasteiger partial charge in [-0.2, -0.15) is 0 Å². The topological polar surface area (TPSA) is 48.0 Å². The third-order valence-corrected chi connectivity index (χ3v) is 3.29. The van der Waals surface area contributed by atoms with Crippen molar-refractivity contribution >= 4 is 10.9 Å². The molecular weight excluding hydrogens is 255 g/mol. The van der Waals surface area contributed by atoms with Gasteiger partial charge in [0.2, 0.25) is 0 Å². The molecule has 4 heteroatoms. The summed E-state index contributed by atoms with van der Waals surface area (Å²) in [5, 5.41) is 0.471. The standard InChI is InChI=1S/C16H13FN2O/c17-12-6-7-14-15(8-12)19(10-11(9-18)16(14)20)13-4-2-1-3-5-13/h1-8,10H,9,18H2. The molecule has 1 aromatic heterocycles. The second-order valence-electron chi connectivity index (χ2n) is 4.55. The molecule has 2 aromatic carbocycles. The molecular formula is C16H13FN2O. The minimum absolute atomic E-state index is 0.144. The van der Waals surface area contributed by atoms with Gasteiger partial charge in [-0.3, -0.25) is 4.79 Å². The second-order valence-corrected chi connectivity index (χ2v) is 4.55. The molecule has 0 aliphatic carbocycles. The van der Waals surface area contributed by atoms with Gasteiger partial charge in [-0.05, 0) is 30.3 Å². The zero-order chi connectivity index (χ0) is 14.1. The summed E-state index contributed by atoms with van der Waals surface area (Å²) in [7, 11) is 0. The zero-order valence-corrected chi connectivity index (χ0v) is 10.7. The molecule has 100 valence electrons. The van der Waals surface area contributed by atoms with Crippen LogP contribution < -0.4 is 11.2 Å². The van der Waals surface area contributed by atoms with E-state index in [1.54, 1.807) is 10.8 Å². The molecule has 0 aliphatic rings. The molecule has 3 nitrogen and oxygen atoms in total. The predicted molar refractivity (Wildman–Crippen MR) is 77.4 cm³/mol. The second kappa shape index (κ2) is 4.90. The number of aromatic nitrogens is 1. The number of rotatable bonds is 2. The predicted octanol–water partition coefficient (Wildman–Crippen LogP) is 2.59. The monoisotopic (exact) mass is 268 g/mol. The summed E-state index contributed by atoms with van der Waals surface area (Å²) in [5.41, 5.74) is 7.39. The summed E-state index contributed by atoms with van der Waals surface area (Å²) in [5.74, 6) is -0.373. The van der Waals surface area contributed by atoms with Gasteiger partial charge in [-0.25, -0.2) is 4.39 Å². The quantitative estimate of drug-likeness (QED) is 0.776. The normalized spacial score (nSPS) is 10.9. The van der Waals surface area contributed by atoms with Crippen LogP contribution in [0.15, 0.2) is 59.5 Å². The van der Waals surface area contributed by atoms with Crippen LogP contribution in [0, 0.1) is 5.82 Å². The van der Waals surface area contributed by atoms with E-state index in [1.165, 1.54) is 18.2 Å². The van der Waals surface area contributed by atoms with Gasteiger partial charge >= 0.3 is 0 Å². The molecule has 0 aliphatic heterocycles. The van der Waals surface area contributed by atoms with Gasteiger partial charge in [0.1, 0.15) is 5.82 Å². The Morgan fingerprint density at radius 3 is 2.55 bits per heavy atom. The Hall–Kier alpha value is -2.46. The molecule has 0 saturated carbocycles. The Morgan fingerprint density at radius 2 is 1.85 bits per heavy atom. The summed E-state index contributed by atoms with van der Waals surface area (Å²) in [6.07, 6.45) is 1.68. The molecule has 3 aromatic rings. The minimum Gasteiger partial charge on any atom is -0.326 e. The van der Waals surface area contributed by atoms with Crippen molar-refractivity contribution in [2.75, 3.05) is 0 Å². The third-order valence-electron chi connectivity index (χ3n) is 3.29. The van der Waals surface area contributed by atoms with Crippen LogP contribution in [0.25, 0.3) is 16.6 Å². The molecule has 0 atom stereocenters. The lowest BCUT2D eigenvalue weighted by Crippen LogP contribution is -2.17. The van der Waals surface area contributed by atoms with Crippen LogP contribution >= 0.6 is 0 Å². The average molecular weight is 268 g/mol. The number of hydrogen-bond donors (Lipinski definition) is 1. The van der Waals surface area contributed by atoms with Crippen LogP contribution in [-0.2, 0) is 6.54 Å². The fourth-order valence-corrected chi connectivity index (χ4v) is 2.30. The molecule has 1 heterocycles.